The molecule has 1 aliphatic carbocycles. The quantitative estimate of drug-likeness (QED) is 0.521. The fourth-order valence-corrected chi connectivity index (χ4v) is 4.34. The number of ether oxygens (including phenoxy) is 3. The number of hydrogen-bond acceptors (Lipinski definition) is 5. The Morgan fingerprint density at radius 1 is 1.15 bits per heavy atom. The van der Waals surface area contributed by atoms with Crippen molar-refractivity contribution in [2.24, 2.45) is 4.99 Å². The number of rotatable bonds is 8. The first-order valence-electron chi connectivity index (χ1n) is 9.44. The maximum atomic E-state index is 5.52. The molecule has 7 heteroatoms. The molecule has 0 saturated heterocycles. The van der Waals surface area contributed by atoms with Crippen molar-refractivity contribution in [3.63, 3.8) is 0 Å². The number of nitrogens with zero attached hydrogens (tertiary/aromatic N) is 1. The third kappa shape index (κ3) is 6.13. The highest BCUT2D eigenvalue weighted by Crippen LogP contribution is 2.34. The smallest absolute Gasteiger partial charge is 0.191 e. The van der Waals surface area contributed by atoms with Gasteiger partial charge in [-0.1, -0.05) is 6.42 Å². The molecule has 1 aromatic rings. The van der Waals surface area contributed by atoms with Crippen molar-refractivity contribution in [3.8, 4) is 17.2 Å². The Bertz CT molecular complexity index is 599. The van der Waals surface area contributed by atoms with E-state index in [1.165, 1.54) is 25.7 Å². The summed E-state index contributed by atoms with van der Waals surface area (Å²) in [4.78, 5) is 4.38. The van der Waals surface area contributed by atoms with E-state index in [-0.39, 0.29) is 0 Å². The van der Waals surface area contributed by atoms with Gasteiger partial charge in [0.1, 0.15) is 17.2 Å². The second-order valence-electron chi connectivity index (χ2n) is 6.63. The van der Waals surface area contributed by atoms with E-state index in [1.54, 1.807) is 21.3 Å². The van der Waals surface area contributed by atoms with Crippen LogP contribution in [0.2, 0.25) is 0 Å². The molecule has 0 radical (unpaired) electrons. The Labute approximate surface area is 167 Å². The summed E-state index contributed by atoms with van der Waals surface area (Å²) in [6.07, 6.45) is 7.97. The van der Waals surface area contributed by atoms with Crippen LogP contribution in [0.1, 0.15) is 31.2 Å². The number of nitrogens with one attached hydrogen (secondary N) is 2. The lowest BCUT2D eigenvalue weighted by Crippen LogP contribution is -2.46. The fraction of sp³-hybridized carbons (Fsp3) is 0.650. The maximum absolute atomic E-state index is 5.52. The van der Waals surface area contributed by atoms with E-state index < -0.39 is 0 Å². The highest BCUT2D eigenvalue weighted by molar-refractivity contribution is 7.99. The van der Waals surface area contributed by atoms with Gasteiger partial charge in [0.15, 0.2) is 5.96 Å². The minimum absolute atomic E-state index is 0.493. The van der Waals surface area contributed by atoms with Crippen LogP contribution in [0, 0.1) is 0 Å². The van der Waals surface area contributed by atoms with Crippen molar-refractivity contribution >= 4 is 17.7 Å². The number of guanidine groups is 1. The standard InChI is InChI=1S/C20H33N3O3S/c1-21-20(23-14-7-6-8-16(11-14)27-5)22-10-9-17-18(25-3)12-15(24-2)13-19(17)26-4/h12-14,16H,6-11H2,1-5H3,(H2,21,22,23). The van der Waals surface area contributed by atoms with E-state index >= 15 is 0 Å². The minimum atomic E-state index is 0.493. The van der Waals surface area contributed by atoms with Crippen LogP contribution in [0.3, 0.4) is 0 Å². The highest BCUT2D eigenvalue weighted by atomic mass is 32.2. The molecule has 0 bridgehead atoms. The zero-order valence-electron chi connectivity index (χ0n) is 17.1. The third-order valence-corrected chi connectivity index (χ3v) is 6.10. The number of methoxy groups -OCH3 is 3. The van der Waals surface area contributed by atoms with Crippen molar-refractivity contribution in [1.29, 1.82) is 0 Å². The lowest BCUT2D eigenvalue weighted by Gasteiger charge is -2.29. The number of benzene rings is 1. The van der Waals surface area contributed by atoms with Crippen LogP contribution < -0.4 is 24.8 Å². The van der Waals surface area contributed by atoms with Crippen molar-refractivity contribution in [2.45, 2.75) is 43.4 Å². The first-order valence-corrected chi connectivity index (χ1v) is 10.7. The van der Waals surface area contributed by atoms with Crippen molar-refractivity contribution < 1.29 is 14.2 Å². The van der Waals surface area contributed by atoms with Crippen LogP contribution in [0.4, 0.5) is 0 Å². The van der Waals surface area contributed by atoms with Gasteiger partial charge in [-0.2, -0.15) is 11.8 Å². The monoisotopic (exact) mass is 395 g/mol. The van der Waals surface area contributed by atoms with Gasteiger partial charge < -0.3 is 24.8 Å². The number of thioether (sulfide) groups is 1. The molecule has 0 amide bonds. The Balaban J connectivity index is 1.94. The molecule has 27 heavy (non-hydrogen) atoms. The molecular formula is C20H33N3O3S. The van der Waals surface area contributed by atoms with Crippen LogP contribution >= 0.6 is 11.8 Å². The van der Waals surface area contributed by atoms with Gasteiger partial charge in [0.25, 0.3) is 0 Å². The summed E-state index contributed by atoms with van der Waals surface area (Å²) >= 11 is 1.97. The molecule has 2 atom stereocenters. The van der Waals surface area contributed by atoms with Gasteiger partial charge >= 0.3 is 0 Å². The molecule has 0 aliphatic heterocycles. The summed E-state index contributed by atoms with van der Waals surface area (Å²) in [5.41, 5.74) is 1.02. The van der Waals surface area contributed by atoms with E-state index in [4.69, 9.17) is 14.2 Å². The minimum Gasteiger partial charge on any atom is -0.496 e. The Hall–Kier alpha value is -1.76. The van der Waals surface area contributed by atoms with Gasteiger partial charge in [-0.15, -0.1) is 0 Å². The second kappa shape index (κ2) is 11.2. The van der Waals surface area contributed by atoms with Crippen molar-refractivity contribution in [3.05, 3.63) is 17.7 Å². The molecule has 6 nitrogen and oxygen atoms in total. The molecular weight excluding hydrogens is 362 g/mol. The predicted octanol–water partition coefficient (Wildman–Crippen LogP) is 3.09. The van der Waals surface area contributed by atoms with E-state index in [0.29, 0.717) is 6.04 Å². The molecule has 152 valence electrons. The first kappa shape index (κ1) is 21.5. The molecule has 2 N–H and O–H groups in total. The fourth-order valence-electron chi connectivity index (χ4n) is 3.51. The highest BCUT2D eigenvalue weighted by Gasteiger charge is 2.22. The summed E-state index contributed by atoms with van der Waals surface area (Å²) < 4.78 is 16.4. The summed E-state index contributed by atoms with van der Waals surface area (Å²) in [6.45, 7) is 0.734. The summed E-state index contributed by atoms with van der Waals surface area (Å²) in [5, 5.41) is 7.75. The van der Waals surface area contributed by atoms with Gasteiger partial charge in [-0.05, 0) is 31.9 Å². The Morgan fingerprint density at radius 3 is 2.41 bits per heavy atom. The number of hydrogen-bond donors (Lipinski definition) is 2. The van der Waals surface area contributed by atoms with Crippen molar-refractivity contribution in [2.75, 3.05) is 41.2 Å². The maximum Gasteiger partial charge on any atom is 0.191 e. The Kier molecular flexibility index (Phi) is 8.91. The van der Waals surface area contributed by atoms with Gasteiger partial charge in [0.2, 0.25) is 0 Å². The van der Waals surface area contributed by atoms with E-state index in [1.807, 2.05) is 30.9 Å². The lowest BCUT2D eigenvalue weighted by molar-refractivity contribution is 0.368. The summed E-state index contributed by atoms with van der Waals surface area (Å²) in [5.74, 6) is 3.11. The van der Waals surface area contributed by atoms with Crippen LogP contribution in [0.15, 0.2) is 17.1 Å². The van der Waals surface area contributed by atoms with E-state index in [2.05, 4.69) is 21.9 Å². The summed E-state index contributed by atoms with van der Waals surface area (Å²) in [6, 6.07) is 4.26. The SMILES string of the molecule is CN=C(NCCc1c(OC)cc(OC)cc1OC)NC1CCCC(SC)C1. The average Bonchev–Trinajstić information content (AvgIpc) is 2.72. The van der Waals surface area contributed by atoms with E-state index in [9.17, 15) is 0 Å². The molecule has 1 saturated carbocycles. The first-order chi connectivity index (χ1) is 13.1. The van der Waals surface area contributed by atoms with Crippen LogP contribution in [-0.2, 0) is 6.42 Å². The predicted molar refractivity (Wildman–Crippen MR) is 114 cm³/mol. The van der Waals surface area contributed by atoms with Crippen LogP contribution in [-0.4, -0.2) is 58.4 Å². The molecule has 0 heterocycles. The zero-order valence-corrected chi connectivity index (χ0v) is 17.9. The number of aliphatic imine (C=N–C) groups is 1. The summed E-state index contributed by atoms with van der Waals surface area (Å²) in [7, 11) is 6.78. The molecule has 1 aromatic carbocycles. The molecule has 2 unspecified atom stereocenters. The topological polar surface area (TPSA) is 64.1 Å². The molecule has 2 rings (SSSR count). The molecule has 0 aromatic heterocycles. The van der Waals surface area contributed by atoms with Gasteiger partial charge in [0, 0.05) is 42.6 Å². The zero-order chi connectivity index (χ0) is 19.6. The van der Waals surface area contributed by atoms with Gasteiger partial charge in [-0.3, -0.25) is 4.99 Å². The van der Waals surface area contributed by atoms with Gasteiger partial charge in [0.05, 0.1) is 21.3 Å². The molecule has 1 fully saturated rings. The van der Waals surface area contributed by atoms with Crippen LogP contribution in [0.5, 0.6) is 17.2 Å². The van der Waals surface area contributed by atoms with Gasteiger partial charge in [-0.25, -0.2) is 0 Å². The largest absolute Gasteiger partial charge is 0.496 e. The van der Waals surface area contributed by atoms with E-state index in [0.717, 1.165) is 47.0 Å². The lowest BCUT2D eigenvalue weighted by atomic mass is 9.95. The van der Waals surface area contributed by atoms with Crippen molar-refractivity contribution in [1.82, 2.24) is 10.6 Å². The normalized spacial score (nSPS) is 20.1. The molecule has 1 aliphatic rings. The third-order valence-electron chi connectivity index (χ3n) is 5.01. The molecule has 0 spiro atoms. The second-order valence-corrected chi connectivity index (χ2v) is 7.76. The Morgan fingerprint density at radius 2 is 1.85 bits per heavy atom. The van der Waals surface area contributed by atoms with Crippen LogP contribution in [0.25, 0.3) is 0 Å². The average molecular weight is 396 g/mol.